The molecule has 0 unspecified atom stereocenters. The van der Waals surface area contributed by atoms with E-state index in [1.54, 1.807) is 6.92 Å². The maximum atomic E-state index is 14.1. The number of ether oxygens (including phenoxy) is 3. The molecule has 15 heteroatoms. The van der Waals surface area contributed by atoms with Crippen molar-refractivity contribution >= 4 is 41.0 Å². The Hall–Kier alpha value is -5.28. The average molecular weight is 667 g/mol. The molecule has 0 saturated carbocycles. The summed E-state index contributed by atoms with van der Waals surface area (Å²) in [5, 5.41) is 65.5. The highest BCUT2D eigenvalue weighted by Crippen LogP contribution is 2.65. The first-order chi connectivity index (χ1) is 22.5. The monoisotopic (exact) mass is 666 g/mol. The molecule has 0 saturated heterocycles. The predicted octanol–water partition coefficient (Wildman–Crippen LogP) is 2.12. The highest BCUT2D eigenvalue weighted by atomic mass is 16.6. The van der Waals surface area contributed by atoms with Gasteiger partial charge in [-0.15, -0.1) is 0 Å². The van der Waals surface area contributed by atoms with E-state index in [0.29, 0.717) is 5.56 Å². The van der Waals surface area contributed by atoms with Crippen molar-refractivity contribution in [2.45, 2.75) is 75.8 Å². The minimum absolute atomic E-state index is 0.0554. The van der Waals surface area contributed by atoms with Gasteiger partial charge in [0.05, 0.1) is 66.4 Å². The summed E-state index contributed by atoms with van der Waals surface area (Å²) in [7, 11) is 1.21. The molecule has 2 aromatic carbocycles. The lowest BCUT2D eigenvalue weighted by molar-refractivity contribution is -0.154. The lowest BCUT2D eigenvalue weighted by Gasteiger charge is -2.38. The normalized spacial score (nSPS) is 24.3. The molecular weight excluding hydrogens is 636 g/mol. The maximum absolute atomic E-state index is 14.1. The van der Waals surface area contributed by atoms with Gasteiger partial charge in [-0.2, -0.15) is 0 Å². The number of rotatable bonds is 7. The molecule has 2 bridgehead atoms. The topological polar surface area (TPSA) is 251 Å². The Bertz CT molecular complexity index is 1920. The van der Waals surface area contributed by atoms with Crippen LogP contribution in [0.15, 0.2) is 11.6 Å². The third kappa shape index (κ3) is 4.56. The molecule has 3 aliphatic carbocycles. The molecule has 4 aliphatic rings. The standard InChI is InChI=1S/C33H30O15/c1-10-20-12(4-14(47-10)8-19(38)46-3)5-17-22(29(20)42)27(40)16-9-33(17,48-11(2)34)25-21(16)30(43)24-23(31(25)44)26(39)15(28(41)32(24)45)6-13(35)7-18(36)37/h5,10,13-14,16,35,39,42-44H,4,6-9H2,1-3H3,(H,36,37)/t10-,13-,14+,16+,33-/m0/s1. The summed E-state index contributed by atoms with van der Waals surface area (Å²) in [4.78, 5) is 76.4. The van der Waals surface area contributed by atoms with Crippen LogP contribution in [-0.2, 0) is 45.4 Å². The zero-order valence-electron chi connectivity index (χ0n) is 25.8. The number of fused-ring (bicyclic) bond motifs is 9. The van der Waals surface area contributed by atoms with Gasteiger partial charge in [0.25, 0.3) is 0 Å². The minimum atomic E-state index is -2.08. The number of phenols is 3. The van der Waals surface area contributed by atoms with E-state index in [1.807, 2.05) is 0 Å². The zero-order valence-corrected chi connectivity index (χ0v) is 25.8. The largest absolute Gasteiger partial charge is 0.507 e. The first-order valence-corrected chi connectivity index (χ1v) is 14.9. The molecule has 6 rings (SSSR count). The Morgan fingerprint density at radius 2 is 1.67 bits per heavy atom. The molecule has 252 valence electrons. The van der Waals surface area contributed by atoms with E-state index in [4.69, 9.17) is 19.3 Å². The number of carboxylic acids is 1. The fraction of sp³-hybridized carbons (Fsp3) is 0.394. The van der Waals surface area contributed by atoms with Crippen LogP contribution in [0.3, 0.4) is 0 Å². The number of hydrogen-bond acceptors (Lipinski definition) is 14. The number of hydrogen-bond donors (Lipinski definition) is 6. The van der Waals surface area contributed by atoms with E-state index >= 15 is 0 Å². The number of aliphatic carboxylic acids is 1. The van der Waals surface area contributed by atoms with Crippen molar-refractivity contribution in [2.24, 2.45) is 0 Å². The fourth-order valence-electron chi connectivity index (χ4n) is 7.65. The molecule has 2 aromatic rings. The van der Waals surface area contributed by atoms with E-state index in [0.717, 1.165) is 6.92 Å². The van der Waals surface area contributed by atoms with Crippen LogP contribution in [-0.4, -0.2) is 85.2 Å². The molecule has 15 nitrogen and oxygen atoms in total. The zero-order chi connectivity index (χ0) is 35.1. The number of carboxylic acid groups (broad SMARTS) is 1. The summed E-state index contributed by atoms with van der Waals surface area (Å²) in [6, 6.07) is 1.48. The van der Waals surface area contributed by atoms with E-state index in [9.17, 15) is 54.3 Å². The Morgan fingerprint density at radius 3 is 2.29 bits per heavy atom. The van der Waals surface area contributed by atoms with Gasteiger partial charge in [0, 0.05) is 42.0 Å². The van der Waals surface area contributed by atoms with Crippen LogP contribution >= 0.6 is 0 Å². The van der Waals surface area contributed by atoms with Gasteiger partial charge in [-0.25, -0.2) is 0 Å². The highest BCUT2D eigenvalue weighted by molar-refractivity contribution is 6.53. The quantitative estimate of drug-likeness (QED) is 0.141. The number of phenolic OH excluding ortho intramolecular Hbond substituents is 3. The summed E-state index contributed by atoms with van der Waals surface area (Å²) in [5.41, 5.74) is -4.87. The van der Waals surface area contributed by atoms with E-state index in [1.165, 1.54) is 13.2 Å². The van der Waals surface area contributed by atoms with Crippen LogP contribution in [0.5, 0.6) is 17.2 Å². The van der Waals surface area contributed by atoms with Gasteiger partial charge in [-0.3, -0.25) is 28.8 Å². The molecule has 6 N–H and O–H groups in total. The van der Waals surface area contributed by atoms with Crippen molar-refractivity contribution in [2.75, 3.05) is 7.11 Å². The molecule has 0 fully saturated rings. The maximum Gasteiger partial charge on any atom is 0.308 e. The summed E-state index contributed by atoms with van der Waals surface area (Å²) >= 11 is 0. The number of aliphatic hydroxyl groups is 2. The molecule has 48 heavy (non-hydrogen) atoms. The van der Waals surface area contributed by atoms with Crippen LogP contribution in [0.1, 0.15) is 106 Å². The van der Waals surface area contributed by atoms with Crippen molar-refractivity contribution in [3.63, 3.8) is 0 Å². The molecule has 0 radical (unpaired) electrons. The number of benzene rings is 2. The number of aliphatic hydroxyl groups excluding tert-OH is 2. The number of aromatic hydroxyl groups is 3. The number of esters is 2. The van der Waals surface area contributed by atoms with Gasteiger partial charge in [0.15, 0.2) is 11.4 Å². The van der Waals surface area contributed by atoms with Crippen molar-refractivity contribution in [3.05, 3.63) is 56.1 Å². The van der Waals surface area contributed by atoms with Crippen LogP contribution < -0.4 is 0 Å². The van der Waals surface area contributed by atoms with Gasteiger partial charge >= 0.3 is 17.9 Å². The van der Waals surface area contributed by atoms with E-state index in [2.05, 4.69) is 0 Å². The number of methoxy groups -OCH3 is 1. The van der Waals surface area contributed by atoms with Gasteiger partial charge in [0.2, 0.25) is 11.6 Å². The molecule has 0 amide bonds. The SMILES string of the molecule is COC(=O)C[C@H]1Cc2cc3c(c(O)c2[C@H](C)O1)C(=O)[C@@H]1C[C@@]3(OC(C)=O)c2c(O)c3c(c(O)c21)C(=O)C(=O)C(C[C@H](O)CC(=O)O)=C3O. The molecule has 0 spiro atoms. The Balaban J connectivity index is 1.62. The minimum Gasteiger partial charge on any atom is -0.507 e. The molecular formula is C33H30O15. The van der Waals surface area contributed by atoms with Crippen LogP contribution in [0, 0.1) is 0 Å². The summed E-state index contributed by atoms with van der Waals surface area (Å²) in [6.07, 6.45) is -5.36. The summed E-state index contributed by atoms with van der Waals surface area (Å²) in [6.45, 7) is 2.65. The second-order valence-electron chi connectivity index (χ2n) is 12.3. The van der Waals surface area contributed by atoms with Crippen LogP contribution in [0.2, 0.25) is 0 Å². The molecule has 1 heterocycles. The summed E-state index contributed by atoms with van der Waals surface area (Å²) in [5.74, 6) is -11.3. The smallest absolute Gasteiger partial charge is 0.308 e. The molecule has 1 aliphatic heterocycles. The molecule has 0 aromatic heterocycles. The van der Waals surface area contributed by atoms with Gasteiger partial charge in [0.1, 0.15) is 23.0 Å². The van der Waals surface area contributed by atoms with Gasteiger partial charge in [-0.05, 0) is 25.0 Å². The van der Waals surface area contributed by atoms with Crippen LogP contribution in [0.25, 0.3) is 5.76 Å². The first-order valence-electron chi connectivity index (χ1n) is 14.9. The van der Waals surface area contributed by atoms with Gasteiger partial charge < -0.3 is 44.8 Å². The van der Waals surface area contributed by atoms with Crippen LogP contribution in [0.4, 0.5) is 0 Å². The Labute approximate surface area is 271 Å². The first kappa shape index (κ1) is 32.7. The number of carbonyl (C=O) groups excluding carboxylic acids is 5. The molecule has 5 atom stereocenters. The summed E-state index contributed by atoms with van der Waals surface area (Å²) < 4.78 is 16.5. The predicted molar refractivity (Wildman–Crippen MR) is 158 cm³/mol. The van der Waals surface area contributed by atoms with Crippen molar-refractivity contribution in [3.8, 4) is 17.2 Å². The Kier molecular flexibility index (Phi) is 7.59. The highest BCUT2D eigenvalue weighted by Gasteiger charge is 2.61. The van der Waals surface area contributed by atoms with E-state index < -0.39 is 124 Å². The van der Waals surface area contributed by atoms with Crippen molar-refractivity contribution in [1.82, 2.24) is 0 Å². The lowest BCUT2D eigenvalue weighted by Crippen LogP contribution is -2.38. The third-order valence-corrected chi connectivity index (χ3v) is 9.42. The van der Waals surface area contributed by atoms with Gasteiger partial charge in [-0.1, -0.05) is 0 Å². The Morgan fingerprint density at radius 1 is 1.00 bits per heavy atom. The van der Waals surface area contributed by atoms with E-state index in [-0.39, 0.29) is 40.7 Å². The number of ketones is 3. The fourth-order valence-corrected chi connectivity index (χ4v) is 7.65. The number of carbonyl (C=O) groups is 6. The average Bonchev–Trinajstić information content (AvgIpc) is 3.30. The second kappa shape index (κ2) is 11.2. The third-order valence-electron chi connectivity index (χ3n) is 9.42. The second-order valence-corrected chi connectivity index (χ2v) is 12.3. The lowest BCUT2D eigenvalue weighted by atomic mass is 9.73. The van der Waals surface area contributed by atoms with Crippen molar-refractivity contribution < 1.29 is 73.6 Å². The van der Waals surface area contributed by atoms with Crippen molar-refractivity contribution in [1.29, 1.82) is 0 Å². The number of Topliss-reactive ketones (excluding diaryl/α,β-unsaturated/α-hetero) is 3.